The molecule has 0 aromatic carbocycles. The first-order valence-corrected chi connectivity index (χ1v) is 6.75. The van der Waals surface area contributed by atoms with E-state index in [9.17, 15) is 14.4 Å². The van der Waals surface area contributed by atoms with Gasteiger partial charge in [0.25, 0.3) is 0 Å². The first kappa shape index (κ1) is 18.4. The van der Waals surface area contributed by atoms with Crippen LogP contribution < -0.4 is 10.6 Å². The summed E-state index contributed by atoms with van der Waals surface area (Å²) in [5.41, 5.74) is 0. The van der Waals surface area contributed by atoms with Crippen molar-refractivity contribution in [1.29, 1.82) is 0 Å². The zero-order valence-corrected chi connectivity index (χ0v) is 12.4. The number of hydrogen-bond acceptors (Lipinski definition) is 4. The summed E-state index contributed by atoms with van der Waals surface area (Å²) < 4.78 is 0. The van der Waals surface area contributed by atoms with Crippen LogP contribution >= 0.6 is 0 Å². The Labute approximate surface area is 119 Å². The van der Waals surface area contributed by atoms with Gasteiger partial charge in [0.2, 0.25) is 11.8 Å². The molecule has 0 aliphatic heterocycles. The van der Waals surface area contributed by atoms with Gasteiger partial charge in [-0.05, 0) is 33.4 Å². The number of carbonyl (C=O) groups is 3. The molecule has 0 aliphatic rings. The van der Waals surface area contributed by atoms with Crippen LogP contribution in [0.5, 0.6) is 0 Å². The normalized spacial score (nSPS) is 12.0. The monoisotopic (exact) mass is 292 g/mol. The third kappa shape index (κ3) is 9.32. The van der Waals surface area contributed by atoms with Crippen LogP contribution in [0.2, 0.25) is 0 Å². The van der Waals surface area contributed by atoms with Crippen LogP contribution in [0.25, 0.3) is 0 Å². The van der Waals surface area contributed by atoms with Gasteiger partial charge in [-0.15, -0.1) is 0 Å². The maximum atomic E-state index is 11.9. The molecule has 116 valence electrons. The van der Waals surface area contributed by atoms with E-state index in [1.807, 2.05) is 19.0 Å². The van der Waals surface area contributed by atoms with Gasteiger partial charge in [0, 0.05) is 20.0 Å². The molecule has 7 heteroatoms. The average molecular weight is 292 g/mol. The molecular formula is C13H25N3O4. The summed E-state index contributed by atoms with van der Waals surface area (Å²) in [7, 11) is 3.63. The third-order valence-corrected chi connectivity index (χ3v) is 2.84. The molecule has 20 heavy (non-hydrogen) atoms. The van der Waals surface area contributed by atoms with E-state index in [2.05, 4.69) is 10.6 Å². The Kier molecular flexibility index (Phi) is 9.36. The Morgan fingerprint density at radius 3 is 2.25 bits per heavy atom. The van der Waals surface area contributed by atoms with Crippen molar-refractivity contribution in [3.8, 4) is 0 Å². The Balaban J connectivity index is 3.99. The van der Waals surface area contributed by atoms with Crippen molar-refractivity contribution in [1.82, 2.24) is 15.5 Å². The summed E-state index contributed by atoms with van der Waals surface area (Å²) in [6, 6.07) is -0.277. The van der Waals surface area contributed by atoms with E-state index in [1.54, 1.807) is 0 Å². The molecular weight excluding hydrogens is 267 g/mol. The Morgan fingerprint density at radius 1 is 1.10 bits per heavy atom. The number of rotatable bonds is 10. The van der Waals surface area contributed by atoms with Crippen LogP contribution in [0.3, 0.4) is 0 Å². The van der Waals surface area contributed by atoms with E-state index in [-0.39, 0.29) is 30.8 Å². The van der Waals surface area contributed by atoms with E-state index < -0.39 is 5.97 Å². The van der Waals surface area contributed by atoms with Crippen molar-refractivity contribution in [3.05, 3.63) is 0 Å². The SMILES string of the molecule is C[13C](=O)N[13CH2][13CH2]CCC(C(=O)NCCC(=O)O)[15N](C)[13CH3]. The maximum Gasteiger partial charge on any atom is 0.305 e. The molecule has 0 fully saturated rings. The fourth-order valence-corrected chi connectivity index (χ4v) is 1.76. The van der Waals surface area contributed by atoms with Gasteiger partial charge < -0.3 is 15.7 Å². The predicted molar refractivity (Wildman–Crippen MR) is 75.3 cm³/mol. The van der Waals surface area contributed by atoms with Crippen molar-refractivity contribution in [2.75, 3.05) is 27.2 Å². The second-order valence-corrected chi connectivity index (χ2v) is 4.89. The number of likely N-dealkylation sites (N-methyl/N-ethyl adjacent to an activating group) is 1. The second kappa shape index (κ2) is 10.2. The minimum Gasteiger partial charge on any atom is -0.481 e. The lowest BCUT2D eigenvalue weighted by atomic mass is 10.2. The third-order valence-electron chi connectivity index (χ3n) is 2.84. The number of unbranched alkanes of at least 4 members (excludes halogenated alkanes) is 1. The highest BCUT2D eigenvalue weighted by Gasteiger charge is 2.19. The molecule has 7 nitrogen and oxygen atoms in total. The maximum absolute atomic E-state index is 11.9. The second-order valence-electron chi connectivity index (χ2n) is 4.89. The Bertz CT molecular complexity index is 332. The topological polar surface area (TPSA) is 98.7 Å². The molecule has 3 N–H and O–H groups in total. The summed E-state index contributed by atoms with van der Waals surface area (Å²) >= 11 is 0. The summed E-state index contributed by atoms with van der Waals surface area (Å²) in [5.74, 6) is -1.14. The van der Waals surface area contributed by atoms with Gasteiger partial charge >= 0.3 is 5.97 Å². The summed E-state index contributed by atoms with van der Waals surface area (Å²) in [4.78, 5) is 34.8. The number of carbonyl (C=O) groups excluding carboxylic acids is 2. The van der Waals surface area contributed by atoms with Gasteiger partial charge in [0.1, 0.15) is 0 Å². The van der Waals surface area contributed by atoms with Crippen LogP contribution in [-0.4, -0.2) is 61.0 Å². The fourth-order valence-electron chi connectivity index (χ4n) is 1.76. The van der Waals surface area contributed by atoms with E-state index in [0.717, 1.165) is 12.8 Å². The first-order chi connectivity index (χ1) is 9.34. The van der Waals surface area contributed by atoms with Gasteiger partial charge in [0.05, 0.1) is 12.5 Å². The van der Waals surface area contributed by atoms with Crippen molar-refractivity contribution < 1.29 is 19.5 Å². The van der Waals surface area contributed by atoms with Gasteiger partial charge in [-0.1, -0.05) is 0 Å². The number of amides is 2. The first-order valence-electron chi connectivity index (χ1n) is 6.75. The minimum atomic E-state index is -0.929. The molecule has 1 unspecified atom stereocenters. The zero-order valence-electron chi connectivity index (χ0n) is 12.4. The average Bonchev–Trinajstić information content (AvgIpc) is 2.32. The van der Waals surface area contributed by atoms with E-state index in [1.165, 1.54) is 6.92 Å². The lowest BCUT2D eigenvalue weighted by Gasteiger charge is -2.23. The summed E-state index contributed by atoms with van der Waals surface area (Å²) in [5, 5.41) is 13.9. The number of nitrogens with zero attached hydrogens (tertiary/aromatic N) is 1. The molecule has 0 heterocycles. The molecule has 0 aromatic heterocycles. The lowest BCUT2D eigenvalue weighted by Crippen LogP contribution is -2.44. The number of aliphatic carboxylic acids is 1. The molecule has 0 rings (SSSR count). The van der Waals surface area contributed by atoms with Crippen molar-refractivity contribution in [2.24, 2.45) is 0 Å². The van der Waals surface area contributed by atoms with Crippen molar-refractivity contribution in [3.63, 3.8) is 0 Å². The van der Waals surface area contributed by atoms with Gasteiger partial charge in [-0.25, -0.2) is 0 Å². The molecule has 0 aliphatic carbocycles. The lowest BCUT2D eigenvalue weighted by molar-refractivity contribution is -0.137. The highest BCUT2D eigenvalue weighted by molar-refractivity contribution is 5.82. The molecule has 1 atom stereocenters. The quantitative estimate of drug-likeness (QED) is 0.294. The Morgan fingerprint density at radius 2 is 1.75 bits per heavy atom. The molecule has 0 spiro atoms. The van der Waals surface area contributed by atoms with E-state index in [0.29, 0.717) is 13.0 Å². The number of nitrogens with one attached hydrogen (secondary N) is 2. The predicted octanol–water partition coefficient (Wildman–Crippen LogP) is -0.186. The highest BCUT2D eigenvalue weighted by Crippen LogP contribution is 2.06. The molecule has 0 radical (unpaired) electrons. The van der Waals surface area contributed by atoms with Gasteiger partial charge in [0.15, 0.2) is 0 Å². The fraction of sp³-hybridized carbons (Fsp3) is 0.769. The molecule has 0 aromatic rings. The van der Waals surface area contributed by atoms with E-state index in [4.69, 9.17) is 5.11 Å². The Hall–Kier alpha value is -1.63. The van der Waals surface area contributed by atoms with Crippen molar-refractivity contribution in [2.45, 2.75) is 38.6 Å². The summed E-state index contributed by atoms with van der Waals surface area (Å²) in [6.45, 7) is 2.22. The van der Waals surface area contributed by atoms with Crippen LogP contribution in [0.4, 0.5) is 0 Å². The van der Waals surface area contributed by atoms with Crippen molar-refractivity contribution >= 4 is 17.8 Å². The standard InChI is InChI=1S/C13H25N3O4/c1-10(17)14-8-5-4-6-11(16(2)3)13(20)15-9-7-12(18)19/h11H,4-9H2,1-3H3,(H,14,17)(H,15,20)(H,18,19)/i2+1,5+1,8+1,10+1,16+1. The smallest absolute Gasteiger partial charge is 0.305 e. The zero-order chi connectivity index (χ0) is 15.5. The minimum absolute atomic E-state index is 0.0550. The highest BCUT2D eigenvalue weighted by atomic mass is 16.4. The van der Waals surface area contributed by atoms with Crippen LogP contribution in [0.15, 0.2) is 0 Å². The number of carboxylic acid groups (broad SMARTS) is 1. The van der Waals surface area contributed by atoms with Crippen LogP contribution in [0, 0.1) is 0 Å². The van der Waals surface area contributed by atoms with E-state index >= 15 is 0 Å². The molecule has 0 saturated carbocycles. The van der Waals surface area contributed by atoms with Gasteiger partial charge in [-0.2, -0.15) is 0 Å². The molecule has 0 saturated heterocycles. The molecule has 0 bridgehead atoms. The van der Waals surface area contributed by atoms with Crippen LogP contribution in [0.1, 0.15) is 32.6 Å². The number of hydrogen-bond donors (Lipinski definition) is 3. The van der Waals surface area contributed by atoms with Gasteiger partial charge in [-0.3, -0.25) is 19.3 Å². The largest absolute Gasteiger partial charge is 0.481 e. The summed E-state index contributed by atoms with van der Waals surface area (Å²) in [6.07, 6.45) is 2.22. The number of carboxylic acids is 1. The van der Waals surface area contributed by atoms with Crippen LogP contribution in [-0.2, 0) is 14.4 Å². The molecule has 2 amide bonds.